The summed E-state index contributed by atoms with van der Waals surface area (Å²) in [7, 11) is 2.00. The van der Waals surface area contributed by atoms with E-state index in [1.165, 1.54) is 5.56 Å². The van der Waals surface area contributed by atoms with E-state index < -0.39 is 0 Å². The van der Waals surface area contributed by atoms with Gasteiger partial charge in [-0.25, -0.2) is 0 Å². The van der Waals surface area contributed by atoms with E-state index in [0.717, 1.165) is 50.9 Å². The van der Waals surface area contributed by atoms with E-state index in [1.807, 2.05) is 11.9 Å². The van der Waals surface area contributed by atoms with E-state index in [0.29, 0.717) is 6.04 Å². The maximum Gasteiger partial charge on any atom is 0.228 e. The van der Waals surface area contributed by atoms with Crippen molar-refractivity contribution in [3.05, 3.63) is 35.4 Å². The first kappa shape index (κ1) is 16.5. The van der Waals surface area contributed by atoms with Gasteiger partial charge in [0.2, 0.25) is 5.91 Å². The van der Waals surface area contributed by atoms with Crippen molar-refractivity contribution in [1.82, 2.24) is 10.2 Å². The highest BCUT2D eigenvalue weighted by Gasteiger charge is 2.36. The molecule has 0 saturated carbocycles. The fraction of sp³-hybridized carbons (Fsp3) is 0.632. The van der Waals surface area contributed by atoms with Crippen LogP contribution in [0.2, 0.25) is 0 Å². The van der Waals surface area contributed by atoms with Crippen LogP contribution < -0.4 is 5.32 Å². The highest BCUT2D eigenvalue weighted by molar-refractivity contribution is 5.80. The van der Waals surface area contributed by atoms with Crippen LogP contribution in [0.25, 0.3) is 0 Å². The molecule has 2 aliphatic heterocycles. The van der Waals surface area contributed by atoms with Crippen LogP contribution in [0.3, 0.4) is 0 Å². The molecule has 23 heavy (non-hydrogen) atoms. The molecule has 0 aromatic heterocycles. The molecule has 0 bridgehead atoms. The lowest BCUT2D eigenvalue weighted by Crippen LogP contribution is -2.47. The monoisotopic (exact) mass is 316 g/mol. The number of piperidine rings is 1. The van der Waals surface area contributed by atoms with Crippen LogP contribution in [0.1, 0.15) is 42.9 Å². The van der Waals surface area contributed by atoms with Gasteiger partial charge in [0.15, 0.2) is 0 Å². The van der Waals surface area contributed by atoms with Crippen molar-refractivity contribution in [3.8, 4) is 0 Å². The smallest absolute Gasteiger partial charge is 0.228 e. The number of likely N-dealkylation sites (tertiary alicyclic amines) is 1. The zero-order valence-corrected chi connectivity index (χ0v) is 14.3. The van der Waals surface area contributed by atoms with Crippen LogP contribution >= 0.6 is 0 Å². The number of carbonyl (C=O) groups excluding carboxylic acids is 1. The number of rotatable bonds is 3. The van der Waals surface area contributed by atoms with Gasteiger partial charge in [-0.15, -0.1) is 0 Å². The SMILES string of the molecule is CNC1CCN(C(=O)C2CCCOC2c2ccc(C)cc2)CC1. The maximum absolute atomic E-state index is 13.0. The summed E-state index contributed by atoms with van der Waals surface area (Å²) in [6.45, 7) is 4.56. The Morgan fingerprint density at radius 1 is 1.17 bits per heavy atom. The van der Waals surface area contributed by atoms with Gasteiger partial charge in [-0.3, -0.25) is 4.79 Å². The molecule has 2 atom stereocenters. The van der Waals surface area contributed by atoms with Crippen molar-refractivity contribution < 1.29 is 9.53 Å². The van der Waals surface area contributed by atoms with Gasteiger partial charge in [0.1, 0.15) is 0 Å². The lowest BCUT2D eigenvalue weighted by atomic mass is 9.87. The molecule has 1 aromatic carbocycles. The molecule has 126 valence electrons. The summed E-state index contributed by atoms with van der Waals surface area (Å²) in [6, 6.07) is 8.98. The molecule has 0 spiro atoms. The summed E-state index contributed by atoms with van der Waals surface area (Å²) in [5.41, 5.74) is 2.38. The number of benzene rings is 1. The van der Waals surface area contributed by atoms with Crippen LogP contribution in [0.5, 0.6) is 0 Å². The van der Waals surface area contributed by atoms with Crippen LogP contribution in [-0.2, 0) is 9.53 Å². The molecular weight excluding hydrogens is 288 g/mol. The maximum atomic E-state index is 13.0. The molecule has 1 N–H and O–H groups in total. The van der Waals surface area contributed by atoms with Gasteiger partial charge in [0, 0.05) is 25.7 Å². The third-order valence-corrected chi connectivity index (χ3v) is 5.26. The van der Waals surface area contributed by atoms with Crippen LogP contribution in [-0.4, -0.2) is 43.6 Å². The summed E-state index contributed by atoms with van der Waals surface area (Å²) in [6.07, 6.45) is 3.92. The van der Waals surface area contributed by atoms with Crippen molar-refractivity contribution >= 4 is 5.91 Å². The molecule has 2 saturated heterocycles. The number of nitrogens with one attached hydrogen (secondary N) is 1. The first-order valence-electron chi connectivity index (χ1n) is 8.83. The molecule has 4 heteroatoms. The van der Waals surface area contributed by atoms with E-state index in [-0.39, 0.29) is 17.9 Å². The number of nitrogens with zero attached hydrogens (tertiary/aromatic N) is 1. The summed E-state index contributed by atoms with van der Waals surface area (Å²) in [5.74, 6) is 0.252. The second-order valence-electron chi connectivity index (χ2n) is 6.84. The minimum Gasteiger partial charge on any atom is -0.373 e. The zero-order valence-electron chi connectivity index (χ0n) is 14.3. The minimum absolute atomic E-state index is 0.0300. The molecule has 0 radical (unpaired) electrons. The number of carbonyl (C=O) groups is 1. The standard InChI is InChI=1S/C19H28N2O2/c1-14-5-7-15(8-6-14)18-17(4-3-13-23-18)19(22)21-11-9-16(20-2)10-12-21/h5-8,16-18,20H,3-4,9-13H2,1-2H3. The molecule has 0 aliphatic carbocycles. The number of hydrogen-bond acceptors (Lipinski definition) is 3. The highest BCUT2D eigenvalue weighted by atomic mass is 16.5. The number of ether oxygens (including phenoxy) is 1. The molecule has 2 aliphatic rings. The second-order valence-corrected chi connectivity index (χ2v) is 6.84. The Balaban J connectivity index is 1.71. The first-order valence-corrected chi connectivity index (χ1v) is 8.83. The predicted octanol–water partition coefficient (Wildman–Crippen LogP) is 2.67. The van der Waals surface area contributed by atoms with Gasteiger partial charge in [-0.05, 0) is 45.2 Å². The quantitative estimate of drug-likeness (QED) is 0.932. The average Bonchev–Trinajstić information content (AvgIpc) is 2.62. The summed E-state index contributed by atoms with van der Waals surface area (Å²) >= 11 is 0. The topological polar surface area (TPSA) is 41.6 Å². The van der Waals surface area contributed by atoms with Crippen molar-refractivity contribution in [2.24, 2.45) is 5.92 Å². The molecule has 2 unspecified atom stereocenters. The van der Waals surface area contributed by atoms with E-state index in [2.05, 4.69) is 36.5 Å². The summed E-state index contributed by atoms with van der Waals surface area (Å²) < 4.78 is 6.01. The molecule has 2 heterocycles. The van der Waals surface area contributed by atoms with Gasteiger partial charge in [-0.1, -0.05) is 29.8 Å². The highest BCUT2D eigenvalue weighted by Crippen LogP contribution is 2.35. The molecular formula is C19H28N2O2. The first-order chi connectivity index (χ1) is 11.2. The van der Waals surface area contributed by atoms with Crippen LogP contribution in [0.15, 0.2) is 24.3 Å². The number of amides is 1. The Hall–Kier alpha value is -1.39. The van der Waals surface area contributed by atoms with Gasteiger partial charge in [0.25, 0.3) is 0 Å². The fourth-order valence-electron chi connectivity index (χ4n) is 3.74. The fourth-order valence-corrected chi connectivity index (χ4v) is 3.74. The van der Waals surface area contributed by atoms with Crippen molar-refractivity contribution in [2.75, 3.05) is 26.7 Å². The molecule has 1 aromatic rings. The zero-order chi connectivity index (χ0) is 16.2. The van der Waals surface area contributed by atoms with Crippen molar-refractivity contribution in [3.63, 3.8) is 0 Å². The molecule has 2 fully saturated rings. The lowest BCUT2D eigenvalue weighted by Gasteiger charge is -2.38. The van der Waals surface area contributed by atoms with Crippen LogP contribution in [0.4, 0.5) is 0 Å². The van der Waals surface area contributed by atoms with E-state index in [1.54, 1.807) is 0 Å². The molecule has 4 nitrogen and oxygen atoms in total. The molecule has 3 rings (SSSR count). The van der Waals surface area contributed by atoms with E-state index in [9.17, 15) is 4.79 Å². The van der Waals surface area contributed by atoms with Crippen LogP contribution in [0, 0.1) is 12.8 Å². The second kappa shape index (κ2) is 7.45. The third-order valence-electron chi connectivity index (χ3n) is 5.26. The number of hydrogen-bond donors (Lipinski definition) is 1. The number of aryl methyl sites for hydroxylation is 1. The Morgan fingerprint density at radius 2 is 1.87 bits per heavy atom. The normalized spacial score (nSPS) is 26.3. The molecule has 1 amide bonds. The Labute approximate surface area is 139 Å². The average molecular weight is 316 g/mol. The van der Waals surface area contributed by atoms with Crippen molar-refractivity contribution in [1.29, 1.82) is 0 Å². The van der Waals surface area contributed by atoms with Crippen molar-refractivity contribution in [2.45, 2.75) is 44.8 Å². The van der Waals surface area contributed by atoms with Gasteiger partial charge in [-0.2, -0.15) is 0 Å². The van der Waals surface area contributed by atoms with E-state index >= 15 is 0 Å². The van der Waals surface area contributed by atoms with Gasteiger partial charge >= 0.3 is 0 Å². The Bertz CT molecular complexity index is 521. The predicted molar refractivity (Wildman–Crippen MR) is 91.3 cm³/mol. The Kier molecular flexibility index (Phi) is 5.34. The summed E-state index contributed by atoms with van der Waals surface area (Å²) in [4.78, 5) is 15.1. The Morgan fingerprint density at radius 3 is 2.52 bits per heavy atom. The summed E-state index contributed by atoms with van der Waals surface area (Å²) in [5, 5.41) is 3.32. The van der Waals surface area contributed by atoms with E-state index in [4.69, 9.17) is 4.74 Å². The van der Waals surface area contributed by atoms with Gasteiger partial charge < -0.3 is 15.0 Å². The minimum atomic E-state index is -0.0844. The third kappa shape index (κ3) is 3.75. The largest absolute Gasteiger partial charge is 0.373 e. The van der Waals surface area contributed by atoms with Gasteiger partial charge in [0.05, 0.1) is 12.0 Å². The lowest BCUT2D eigenvalue weighted by molar-refractivity contribution is -0.146.